The van der Waals surface area contributed by atoms with Crippen molar-refractivity contribution in [3.8, 4) is 0 Å². The molecule has 0 aliphatic carbocycles. The fourth-order valence-corrected chi connectivity index (χ4v) is 1.38. The van der Waals surface area contributed by atoms with E-state index in [-0.39, 0.29) is 16.7 Å². The second-order valence-electron chi connectivity index (χ2n) is 6.91. The van der Waals surface area contributed by atoms with Crippen molar-refractivity contribution < 1.29 is 14.7 Å². The van der Waals surface area contributed by atoms with E-state index in [1.54, 1.807) is 13.8 Å². The first kappa shape index (κ1) is 16.9. The van der Waals surface area contributed by atoms with Crippen molar-refractivity contribution in [2.45, 2.75) is 48.5 Å². The van der Waals surface area contributed by atoms with Crippen molar-refractivity contribution in [2.75, 3.05) is 6.54 Å². The molecule has 1 unspecified atom stereocenters. The predicted molar refractivity (Wildman–Crippen MR) is 72.2 cm³/mol. The van der Waals surface area contributed by atoms with Gasteiger partial charge in [-0.1, -0.05) is 48.5 Å². The van der Waals surface area contributed by atoms with Gasteiger partial charge < -0.3 is 10.4 Å². The highest BCUT2D eigenvalue weighted by atomic mass is 16.4. The summed E-state index contributed by atoms with van der Waals surface area (Å²) in [5.74, 6) is -2.63. The van der Waals surface area contributed by atoms with Gasteiger partial charge in [-0.05, 0) is 16.7 Å². The molecule has 0 saturated heterocycles. The second-order valence-corrected chi connectivity index (χ2v) is 6.91. The van der Waals surface area contributed by atoms with Crippen molar-refractivity contribution >= 4 is 11.9 Å². The van der Waals surface area contributed by atoms with Crippen LogP contribution in [-0.2, 0) is 9.59 Å². The summed E-state index contributed by atoms with van der Waals surface area (Å²) in [5, 5.41) is 11.8. The van der Waals surface area contributed by atoms with E-state index >= 15 is 0 Å². The average Bonchev–Trinajstić information content (AvgIpc) is 2.11. The Labute approximate surface area is 110 Å². The van der Waals surface area contributed by atoms with Gasteiger partial charge in [-0.15, -0.1) is 0 Å². The van der Waals surface area contributed by atoms with Gasteiger partial charge in [0.05, 0.1) is 0 Å². The summed E-state index contributed by atoms with van der Waals surface area (Å²) in [6.07, 6.45) is 0. The maximum atomic E-state index is 11.9. The molecule has 0 aromatic heterocycles. The van der Waals surface area contributed by atoms with Crippen molar-refractivity contribution in [3.05, 3.63) is 0 Å². The van der Waals surface area contributed by atoms with E-state index in [0.29, 0.717) is 6.54 Å². The number of hydrogen-bond donors (Lipinski definition) is 2. The molecule has 0 radical (unpaired) electrons. The zero-order chi connectivity index (χ0) is 14.7. The van der Waals surface area contributed by atoms with Crippen LogP contribution >= 0.6 is 0 Å². The third kappa shape index (κ3) is 4.31. The average molecular weight is 257 g/mol. The van der Waals surface area contributed by atoms with E-state index in [0.717, 1.165) is 0 Å². The summed E-state index contributed by atoms with van der Waals surface area (Å²) < 4.78 is 0. The highest BCUT2D eigenvalue weighted by Crippen LogP contribution is 2.37. The number of carbonyl (C=O) groups is 2. The Hall–Kier alpha value is -1.06. The minimum atomic E-state index is -1.06. The molecule has 0 spiro atoms. The molecule has 0 bridgehead atoms. The van der Waals surface area contributed by atoms with Gasteiger partial charge in [-0.2, -0.15) is 0 Å². The highest BCUT2D eigenvalue weighted by molar-refractivity contribution is 5.97. The molecule has 0 rings (SSSR count). The summed E-state index contributed by atoms with van der Waals surface area (Å²) in [5.41, 5.74) is -0.0560. The molecule has 0 heterocycles. The van der Waals surface area contributed by atoms with Crippen LogP contribution in [0.25, 0.3) is 0 Å². The lowest BCUT2D eigenvalue weighted by Crippen LogP contribution is -2.45. The molecular formula is C14H27NO3. The van der Waals surface area contributed by atoms with E-state index < -0.39 is 17.8 Å². The van der Waals surface area contributed by atoms with Crippen molar-refractivity contribution in [3.63, 3.8) is 0 Å². The Morgan fingerprint density at radius 1 is 1.11 bits per heavy atom. The Balaban J connectivity index is 4.65. The Bertz CT molecular complexity index is 313. The van der Waals surface area contributed by atoms with Gasteiger partial charge in [0.15, 0.2) is 0 Å². The second kappa shape index (κ2) is 5.72. The van der Waals surface area contributed by atoms with Gasteiger partial charge >= 0.3 is 5.97 Å². The van der Waals surface area contributed by atoms with Crippen molar-refractivity contribution in [2.24, 2.45) is 22.7 Å². The largest absolute Gasteiger partial charge is 0.481 e. The van der Waals surface area contributed by atoms with E-state index in [1.165, 1.54) is 0 Å². The van der Waals surface area contributed by atoms with Crippen LogP contribution in [0.5, 0.6) is 0 Å². The Morgan fingerprint density at radius 3 is 1.83 bits per heavy atom. The summed E-state index contributed by atoms with van der Waals surface area (Å²) in [6.45, 7) is 14.4. The highest BCUT2D eigenvalue weighted by Gasteiger charge is 2.35. The van der Waals surface area contributed by atoms with E-state index in [1.807, 2.05) is 0 Å². The summed E-state index contributed by atoms with van der Waals surface area (Å²) in [4.78, 5) is 23.0. The SMILES string of the molecule is CC(C)C(C(=O)O)C(=O)NCC(C)(C)C(C)(C)C. The quantitative estimate of drug-likeness (QED) is 0.744. The molecule has 0 aliphatic rings. The van der Waals surface area contributed by atoms with Gasteiger partial charge in [0.1, 0.15) is 5.92 Å². The minimum absolute atomic E-state index is 0.0385. The van der Waals surface area contributed by atoms with Gasteiger partial charge in [0, 0.05) is 6.54 Å². The number of hydrogen-bond acceptors (Lipinski definition) is 2. The fraction of sp³-hybridized carbons (Fsp3) is 0.857. The van der Waals surface area contributed by atoms with E-state index in [2.05, 4.69) is 39.9 Å². The smallest absolute Gasteiger partial charge is 0.316 e. The van der Waals surface area contributed by atoms with Gasteiger partial charge in [-0.3, -0.25) is 9.59 Å². The number of amides is 1. The van der Waals surface area contributed by atoms with E-state index in [9.17, 15) is 9.59 Å². The summed E-state index contributed by atoms with van der Waals surface area (Å²) in [7, 11) is 0. The molecule has 0 aromatic rings. The monoisotopic (exact) mass is 257 g/mol. The molecular weight excluding hydrogens is 230 g/mol. The number of carboxylic acid groups (broad SMARTS) is 1. The Kier molecular flexibility index (Phi) is 5.38. The predicted octanol–water partition coefficient (Wildman–Crippen LogP) is 2.53. The number of nitrogens with one attached hydrogen (secondary N) is 1. The van der Waals surface area contributed by atoms with Gasteiger partial charge in [0.2, 0.25) is 5.91 Å². The molecule has 4 nitrogen and oxygen atoms in total. The lowest BCUT2D eigenvalue weighted by molar-refractivity contribution is -0.149. The first-order valence-corrected chi connectivity index (χ1v) is 6.40. The van der Waals surface area contributed by atoms with Crippen molar-refractivity contribution in [1.82, 2.24) is 5.32 Å². The molecule has 2 N–H and O–H groups in total. The molecule has 106 valence electrons. The van der Waals surface area contributed by atoms with Crippen LogP contribution in [0.2, 0.25) is 0 Å². The van der Waals surface area contributed by atoms with Gasteiger partial charge in [-0.25, -0.2) is 0 Å². The standard InChI is InChI=1S/C14H27NO3/c1-9(2)10(12(17)18)11(16)15-8-14(6,7)13(3,4)5/h9-10H,8H2,1-7H3,(H,15,16)(H,17,18). The first-order chi connectivity index (χ1) is 7.90. The van der Waals surface area contributed by atoms with Gasteiger partial charge in [0.25, 0.3) is 0 Å². The molecule has 0 saturated carbocycles. The third-order valence-corrected chi connectivity index (χ3v) is 3.95. The lowest BCUT2D eigenvalue weighted by atomic mass is 9.69. The maximum Gasteiger partial charge on any atom is 0.316 e. The summed E-state index contributed by atoms with van der Waals surface area (Å²) >= 11 is 0. The normalized spacial score (nSPS) is 14.4. The molecule has 0 fully saturated rings. The van der Waals surface area contributed by atoms with Crippen LogP contribution in [0, 0.1) is 22.7 Å². The number of carbonyl (C=O) groups excluding carboxylic acids is 1. The maximum absolute atomic E-state index is 11.9. The molecule has 0 aromatic carbocycles. The van der Waals surface area contributed by atoms with E-state index in [4.69, 9.17) is 5.11 Å². The Morgan fingerprint density at radius 2 is 1.56 bits per heavy atom. The minimum Gasteiger partial charge on any atom is -0.481 e. The van der Waals surface area contributed by atoms with Crippen LogP contribution in [0.15, 0.2) is 0 Å². The van der Waals surface area contributed by atoms with Crippen LogP contribution in [-0.4, -0.2) is 23.5 Å². The molecule has 4 heteroatoms. The van der Waals surface area contributed by atoms with Crippen LogP contribution in [0.1, 0.15) is 48.5 Å². The zero-order valence-corrected chi connectivity index (χ0v) is 12.6. The molecule has 1 amide bonds. The fourth-order valence-electron chi connectivity index (χ4n) is 1.38. The summed E-state index contributed by atoms with van der Waals surface area (Å²) in [6, 6.07) is 0. The third-order valence-electron chi connectivity index (χ3n) is 3.95. The first-order valence-electron chi connectivity index (χ1n) is 6.40. The van der Waals surface area contributed by atoms with Crippen LogP contribution in [0.3, 0.4) is 0 Å². The molecule has 1 atom stereocenters. The zero-order valence-electron chi connectivity index (χ0n) is 12.6. The number of aliphatic carboxylic acids is 1. The molecule has 18 heavy (non-hydrogen) atoms. The number of rotatable bonds is 5. The van der Waals surface area contributed by atoms with Crippen molar-refractivity contribution in [1.29, 1.82) is 0 Å². The van der Waals surface area contributed by atoms with Crippen LogP contribution in [0.4, 0.5) is 0 Å². The molecule has 0 aliphatic heterocycles. The lowest BCUT2D eigenvalue weighted by Gasteiger charge is -2.39. The topological polar surface area (TPSA) is 66.4 Å². The number of carboxylic acids is 1. The van der Waals surface area contributed by atoms with Crippen LogP contribution < -0.4 is 5.32 Å².